The minimum absolute atomic E-state index is 0.200. The molecule has 4 N–H and O–H groups in total. The van der Waals surface area contributed by atoms with Gasteiger partial charge in [-0.1, -0.05) is 0 Å². The molecule has 4 aliphatic carbocycles. The normalized spacial score (nSPS) is 33.6. The zero-order valence-electron chi connectivity index (χ0n) is 16.1. The Hall–Kier alpha value is -2.15. The van der Waals surface area contributed by atoms with E-state index < -0.39 is 0 Å². The number of pyridine rings is 1. The van der Waals surface area contributed by atoms with Crippen molar-refractivity contribution in [3.8, 4) is 0 Å². The number of nitrogens with two attached hydrogens (primary N) is 1. The summed E-state index contributed by atoms with van der Waals surface area (Å²) >= 11 is 0. The fraction of sp³-hybridized carbons (Fsp3) is 0.650. The van der Waals surface area contributed by atoms with E-state index in [9.17, 15) is 9.59 Å². The van der Waals surface area contributed by atoms with Crippen LogP contribution >= 0.6 is 0 Å². The van der Waals surface area contributed by atoms with E-state index in [1.54, 1.807) is 26.2 Å². The Morgan fingerprint density at radius 3 is 2.41 bits per heavy atom. The predicted octanol–water partition coefficient (Wildman–Crippen LogP) is 2.06. The SMILES string of the molecule is CN(C)C(=O)c1cc(NC(=O)NCC2(N)C3CC4CC(C3)CC2C4)ccn1. The number of hydrogen-bond donors (Lipinski definition) is 3. The maximum absolute atomic E-state index is 12.4. The van der Waals surface area contributed by atoms with Crippen molar-refractivity contribution in [2.45, 2.75) is 37.6 Å². The van der Waals surface area contributed by atoms with Crippen LogP contribution in [0.25, 0.3) is 0 Å². The van der Waals surface area contributed by atoms with Crippen LogP contribution in [0.15, 0.2) is 18.3 Å². The number of carbonyl (C=O) groups is 2. The Morgan fingerprint density at radius 2 is 1.81 bits per heavy atom. The average molecular weight is 371 g/mol. The fourth-order valence-electron chi connectivity index (χ4n) is 5.61. The van der Waals surface area contributed by atoms with Crippen LogP contribution in [0.5, 0.6) is 0 Å². The lowest BCUT2D eigenvalue weighted by molar-refractivity contribution is -0.0528. The summed E-state index contributed by atoms with van der Waals surface area (Å²) in [5, 5.41) is 5.78. The molecule has 0 aliphatic heterocycles. The zero-order chi connectivity index (χ0) is 19.2. The van der Waals surface area contributed by atoms with Crippen LogP contribution in [0.4, 0.5) is 10.5 Å². The average Bonchev–Trinajstić information content (AvgIpc) is 2.63. The number of rotatable bonds is 4. The van der Waals surface area contributed by atoms with Crippen LogP contribution in [0, 0.1) is 23.7 Å². The van der Waals surface area contributed by atoms with E-state index >= 15 is 0 Å². The molecule has 3 amide bonds. The summed E-state index contributed by atoms with van der Waals surface area (Å²) in [7, 11) is 3.34. The smallest absolute Gasteiger partial charge is 0.319 e. The number of nitrogens with one attached hydrogen (secondary N) is 2. The Kier molecular flexibility index (Phi) is 4.58. The molecule has 4 bridgehead atoms. The second kappa shape index (κ2) is 6.78. The Balaban J connectivity index is 1.36. The molecular weight excluding hydrogens is 342 g/mol. The monoisotopic (exact) mass is 371 g/mol. The van der Waals surface area contributed by atoms with Crippen molar-refractivity contribution >= 4 is 17.6 Å². The first-order valence-corrected chi connectivity index (χ1v) is 9.86. The van der Waals surface area contributed by atoms with E-state index in [0.717, 1.165) is 11.8 Å². The predicted molar refractivity (Wildman–Crippen MR) is 103 cm³/mol. The van der Waals surface area contributed by atoms with Gasteiger partial charge in [0.25, 0.3) is 5.91 Å². The van der Waals surface area contributed by atoms with Gasteiger partial charge in [0, 0.05) is 38.1 Å². The molecule has 5 rings (SSSR count). The summed E-state index contributed by atoms with van der Waals surface area (Å²) in [6.45, 7) is 0.502. The lowest BCUT2D eigenvalue weighted by Crippen LogP contribution is -2.67. The van der Waals surface area contributed by atoms with Crippen LogP contribution in [0.1, 0.15) is 42.6 Å². The molecule has 0 saturated heterocycles. The number of urea groups is 1. The van der Waals surface area contributed by atoms with Crippen LogP contribution in [-0.4, -0.2) is 48.0 Å². The zero-order valence-corrected chi connectivity index (χ0v) is 16.1. The van der Waals surface area contributed by atoms with Crippen molar-refractivity contribution in [3.05, 3.63) is 24.0 Å². The largest absolute Gasteiger partial charge is 0.343 e. The molecule has 0 spiro atoms. The summed E-state index contributed by atoms with van der Waals surface area (Å²) < 4.78 is 0. The topological polar surface area (TPSA) is 100 Å². The van der Waals surface area contributed by atoms with Gasteiger partial charge < -0.3 is 21.3 Å². The molecule has 4 saturated carbocycles. The molecule has 0 radical (unpaired) electrons. The number of aromatic nitrogens is 1. The van der Waals surface area contributed by atoms with Gasteiger partial charge in [0.05, 0.1) is 0 Å². The van der Waals surface area contributed by atoms with Gasteiger partial charge in [0.2, 0.25) is 0 Å². The van der Waals surface area contributed by atoms with Gasteiger partial charge in [0.15, 0.2) is 0 Å². The summed E-state index contributed by atoms with van der Waals surface area (Å²) in [5.74, 6) is 2.55. The second-order valence-corrected chi connectivity index (χ2v) is 8.85. The number of nitrogens with zero attached hydrogens (tertiary/aromatic N) is 2. The first-order chi connectivity index (χ1) is 12.8. The van der Waals surface area contributed by atoms with E-state index in [2.05, 4.69) is 15.6 Å². The molecule has 7 nitrogen and oxygen atoms in total. The van der Waals surface area contributed by atoms with E-state index in [4.69, 9.17) is 5.73 Å². The molecule has 27 heavy (non-hydrogen) atoms. The molecule has 4 fully saturated rings. The van der Waals surface area contributed by atoms with Crippen molar-refractivity contribution < 1.29 is 9.59 Å². The van der Waals surface area contributed by atoms with Crippen molar-refractivity contribution in [1.82, 2.24) is 15.2 Å². The first kappa shape index (κ1) is 18.2. The molecule has 146 valence electrons. The van der Waals surface area contributed by atoms with Gasteiger partial charge in [-0.05, 0) is 67.9 Å². The van der Waals surface area contributed by atoms with Crippen LogP contribution in [0.3, 0.4) is 0 Å². The summed E-state index contributed by atoms with van der Waals surface area (Å²) in [6.07, 6.45) is 7.77. The summed E-state index contributed by atoms with van der Waals surface area (Å²) in [6, 6.07) is 2.97. The Bertz CT molecular complexity index is 720. The number of anilines is 1. The second-order valence-electron chi connectivity index (χ2n) is 8.85. The minimum Gasteiger partial charge on any atom is -0.343 e. The number of hydrogen-bond acceptors (Lipinski definition) is 4. The highest BCUT2D eigenvalue weighted by Gasteiger charge is 2.55. The molecule has 1 aromatic heterocycles. The van der Waals surface area contributed by atoms with Crippen molar-refractivity contribution in [3.63, 3.8) is 0 Å². The molecular formula is C20H29N5O2. The molecule has 4 aliphatic rings. The van der Waals surface area contributed by atoms with Gasteiger partial charge in [-0.15, -0.1) is 0 Å². The third kappa shape index (κ3) is 3.40. The van der Waals surface area contributed by atoms with E-state index in [0.29, 0.717) is 29.8 Å². The van der Waals surface area contributed by atoms with Crippen LogP contribution in [-0.2, 0) is 0 Å². The van der Waals surface area contributed by atoms with E-state index in [1.165, 1.54) is 43.2 Å². The lowest BCUT2D eigenvalue weighted by Gasteiger charge is -2.59. The summed E-state index contributed by atoms with van der Waals surface area (Å²) in [5.41, 5.74) is 7.39. The van der Waals surface area contributed by atoms with E-state index in [1.807, 2.05) is 0 Å². The highest BCUT2D eigenvalue weighted by Crippen LogP contribution is 2.57. The number of amides is 3. The molecule has 0 unspecified atom stereocenters. The Labute approximate surface area is 160 Å². The maximum atomic E-state index is 12.4. The standard InChI is InChI=1S/C20H29N5O2/c1-25(2)18(26)17-10-16(3-4-22-17)24-19(27)23-11-20(21)14-6-12-5-13(8-14)9-15(20)7-12/h3-4,10,12-15H,5-9,11,21H2,1-2H3,(H2,22,23,24,27). The van der Waals surface area contributed by atoms with Crippen molar-refractivity contribution in [2.75, 3.05) is 26.0 Å². The van der Waals surface area contributed by atoms with Crippen molar-refractivity contribution in [1.29, 1.82) is 0 Å². The van der Waals surface area contributed by atoms with Crippen LogP contribution in [0.2, 0.25) is 0 Å². The van der Waals surface area contributed by atoms with Crippen LogP contribution < -0.4 is 16.4 Å². The highest BCUT2D eigenvalue weighted by molar-refractivity contribution is 5.95. The molecule has 1 aromatic rings. The molecule has 0 atom stereocenters. The molecule has 0 aromatic carbocycles. The molecule has 1 heterocycles. The highest BCUT2D eigenvalue weighted by atomic mass is 16.2. The van der Waals surface area contributed by atoms with Gasteiger partial charge in [-0.2, -0.15) is 0 Å². The third-order valence-electron chi connectivity index (χ3n) is 6.86. The van der Waals surface area contributed by atoms with E-state index in [-0.39, 0.29) is 17.5 Å². The van der Waals surface area contributed by atoms with Gasteiger partial charge in [-0.25, -0.2) is 4.79 Å². The first-order valence-electron chi connectivity index (χ1n) is 9.86. The van der Waals surface area contributed by atoms with Gasteiger partial charge in [0.1, 0.15) is 5.69 Å². The van der Waals surface area contributed by atoms with Gasteiger partial charge in [-0.3, -0.25) is 9.78 Å². The number of carbonyl (C=O) groups excluding carboxylic acids is 2. The fourth-order valence-corrected chi connectivity index (χ4v) is 5.61. The quantitative estimate of drug-likeness (QED) is 0.754. The minimum atomic E-state index is -0.289. The summed E-state index contributed by atoms with van der Waals surface area (Å²) in [4.78, 5) is 29.9. The third-order valence-corrected chi connectivity index (χ3v) is 6.86. The molecule has 7 heteroatoms. The van der Waals surface area contributed by atoms with Crippen molar-refractivity contribution in [2.24, 2.45) is 29.4 Å². The Morgan fingerprint density at radius 1 is 1.19 bits per heavy atom. The lowest BCUT2D eigenvalue weighted by atomic mass is 9.49. The van der Waals surface area contributed by atoms with Gasteiger partial charge >= 0.3 is 6.03 Å². The maximum Gasteiger partial charge on any atom is 0.319 e.